The minimum atomic E-state index is -4.53. The van der Waals surface area contributed by atoms with Gasteiger partial charge in [-0.2, -0.15) is 18.4 Å². The van der Waals surface area contributed by atoms with E-state index in [4.69, 9.17) is 4.74 Å². The predicted octanol–water partition coefficient (Wildman–Crippen LogP) is 4.96. The zero-order chi connectivity index (χ0) is 19.6. The first-order valence-corrected chi connectivity index (χ1v) is 7.87. The highest BCUT2D eigenvalue weighted by Crippen LogP contribution is 2.38. The van der Waals surface area contributed by atoms with Gasteiger partial charge in [-0.3, -0.25) is 4.79 Å². The minimum absolute atomic E-state index is 0.0585. The number of ether oxygens (including phenoxy) is 1. The Morgan fingerprint density at radius 3 is 2.30 bits per heavy atom. The van der Waals surface area contributed by atoms with Gasteiger partial charge in [-0.15, -0.1) is 0 Å². The van der Waals surface area contributed by atoms with Crippen molar-refractivity contribution in [3.63, 3.8) is 0 Å². The summed E-state index contributed by atoms with van der Waals surface area (Å²) in [4.78, 5) is 11.0. The number of alkyl halides is 3. The van der Waals surface area contributed by atoms with E-state index in [2.05, 4.69) is 0 Å². The van der Waals surface area contributed by atoms with E-state index in [-0.39, 0.29) is 16.7 Å². The molecule has 2 aromatic carbocycles. The molecule has 0 aliphatic carbocycles. The van der Waals surface area contributed by atoms with Crippen LogP contribution < -0.4 is 4.74 Å². The highest BCUT2D eigenvalue weighted by molar-refractivity contribution is 5.74. The summed E-state index contributed by atoms with van der Waals surface area (Å²) in [5, 5.41) is 9.37. The number of nitriles is 1. The lowest BCUT2D eigenvalue weighted by Gasteiger charge is -2.12. The average molecular weight is 370 g/mol. The van der Waals surface area contributed by atoms with Crippen molar-refractivity contribution >= 4 is 5.97 Å². The van der Waals surface area contributed by atoms with Crippen LogP contribution in [0.25, 0.3) is 16.8 Å². The van der Waals surface area contributed by atoms with E-state index in [9.17, 15) is 23.2 Å². The van der Waals surface area contributed by atoms with Gasteiger partial charge in [0.15, 0.2) is 0 Å². The normalized spacial score (nSPS) is 11.1. The van der Waals surface area contributed by atoms with E-state index >= 15 is 0 Å². The molecule has 0 spiro atoms. The van der Waals surface area contributed by atoms with Crippen molar-refractivity contribution < 1.29 is 22.7 Å². The van der Waals surface area contributed by atoms with Gasteiger partial charge in [-0.05, 0) is 35.9 Å². The third-order valence-electron chi connectivity index (χ3n) is 3.87. The van der Waals surface area contributed by atoms with Crippen LogP contribution in [0.2, 0.25) is 0 Å². The summed E-state index contributed by atoms with van der Waals surface area (Å²) in [6, 6.07) is 13.5. The summed E-state index contributed by atoms with van der Waals surface area (Å²) < 4.78 is 46.5. The van der Waals surface area contributed by atoms with Gasteiger partial charge < -0.3 is 9.30 Å². The Balaban J connectivity index is 2.06. The van der Waals surface area contributed by atoms with Gasteiger partial charge in [0.2, 0.25) is 0 Å². The van der Waals surface area contributed by atoms with E-state index in [1.54, 1.807) is 28.8 Å². The minimum Gasteiger partial charge on any atom is -0.427 e. The fourth-order valence-corrected chi connectivity index (χ4v) is 2.72. The molecule has 0 saturated carbocycles. The lowest BCUT2D eigenvalue weighted by atomic mass is 9.99. The molecule has 136 valence electrons. The number of aromatic nitrogens is 1. The number of nitrogens with zero attached hydrogens (tertiary/aromatic N) is 2. The first-order valence-electron chi connectivity index (χ1n) is 7.87. The zero-order valence-corrected chi connectivity index (χ0v) is 14.1. The largest absolute Gasteiger partial charge is 0.427 e. The number of carbonyl (C=O) groups excluding carboxylic acids is 1. The number of benzene rings is 2. The molecule has 0 amide bonds. The lowest BCUT2D eigenvalue weighted by molar-refractivity contribution is -0.137. The molecule has 0 bridgehead atoms. The third kappa shape index (κ3) is 3.85. The standard InChI is InChI=1S/C20H13F3N2O2/c1-13(26)27-16-8-6-15(7-9-16)25-11-14(10-24)18(12-25)17-4-2-3-5-19(17)20(21,22)23/h2-9,11-12H,1H3. The predicted molar refractivity (Wildman–Crippen MR) is 92.2 cm³/mol. The van der Waals surface area contributed by atoms with Crippen LogP contribution in [0.5, 0.6) is 5.75 Å². The van der Waals surface area contributed by atoms with Crippen molar-refractivity contribution in [2.45, 2.75) is 13.1 Å². The second kappa shape index (κ2) is 7.00. The molecule has 0 aliphatic heterocycles. The molecule has 7 heteroatoms. The van der Waals surface area contributed by atoms with Crippen molar-refractivity contribution in [2.75, 3.05) is 0 Å². The van der Waals surface area contributed by atoms with Gasteiger partial charge in [0.1, 0.15) is 11.8 Å². The first kappa shape index (κ1) is 18.3. The van der Waals surface area contributed by atoms with Gasteiger partial charge in [-0.1, -0.05) is 18.2 Å². The summed E-state index contributed by atoms with van der Waals surface area (Å²) in [5.41, 5.74) is 0.0599. The van der Waals surface area contributed by atoms with Gasteiger partial charge >= 0.3 is 12.1 Å². The third-order valence-corrected chi connectivity index (χ3v) is 3.87. The summed E-state index contributed by atoms with van der Waals surface area (Å²) in [5.74, 6) is -0.108. The van der Waals surface area contributed by atoms with Crippen molar-refractivity contribution in [1.82, 2.24) is 4.57 Å². The van der Waals surface area contributed by atoms with Crippen LogP contribution in [0.4, 0.5) is 13.2 Å². The monoisotopic (exact) mass is 370 g/mol. The Labute approximate surface area is 153 Å². The van der Waals surface area contributed by atoms with Crippen LogP contribution in [0.3, 0.4) is 0 Å². The van der Waals surface area contributed by atoms with Crippen molar-refractivity contribution in [1.29, 1.82) is 5.26 Å². The van der Waals surface area contributed by atoms with Gasteiger partial charge in [-0.25, -0.2) is 0 Å². The van der Waals surface area contributed by atoms with E-state index in [0.29, 0.717) is 11.4 Å². The van der Waals surface area contributed by atoms with Gasteiger partial charge in [0, 0.05) is 30.6 Å². The maximum absolute atomic E-state index is 13.3. The Bertz CT molecular complexity index is 1030. The zero-order valence-electron chi connectivity index (χ0n) is 14.1. The lowest BCUT2D eigenvalue weighted by Crippen LogP contribution is -2.06. The molecule has 0 saturated heterocycles. The molecule has 1 aromatic heterocycles. The number of hydrogen-bond acceptors (Lipinski definition) is 3. The number of hydrogen-bond donors (Lipinski definition) is 0. The first-order chi connectivity index (χ1) is 12.8. The van der Waals surface area contributed by atoms with Gasteiger partial charge in [0.25, 0.3) is 0 Å². The molecule has 3 rings (SSSR count). The van der Waals surface area contributed by atoms with E-state index in [1.165, 1.54) is 37.5 Å². The second-order valence-corrected chi connectivity index (χ2v) is 5.74. The maximum Gasteiger partial charge on any atom is 0.417 e. The average Bonchev–Trinajstić information content (AvgIpc) is 3.05. The Hall–Kier alpha value is -3.53. The molecule has 0 N–H and O–H groups in total. The summed E-state index contributed by atoms with van der Waals surface area (Å²) in [6.07, 6.45) is -1.59. The Kier molecular flexibility index (Phi) is 4.74. The summed E-state index contributed by atoms with van der Waals surface area (Å²) in [7, 11) is 0. The highest BCUT2D eigenvalue weighted by atomic mass is 19.4. The van der Waals surface area contributed by atoms with E-state index < -0.39 is 17.7 Å². The topological polar surface area (TPSA) is 55.0 Å². The molecule has 4 nitrogen and oxygen atoms in total. The molecule has 0 unspecified atom stereocenters. The second-order valence-electron chi connectivity index (χ2n) is 5.74. The van der Waals surface area contributed by atoms with E-state index in [0.717, 1.165) is 6.07 Å². The number of esters is 1. The van der Waals surface area contributed by atoms with Crippen molar-refractivity contribution in [2.24, 2.45) is 0 Å². The smallest absolute Gasteiger partial charge is 0.417 e. The molecule has 0 atom stereocenters. The number of halogens is 3. The molecule has 1 heterocycles. The molecule has 0 aliphatic rings. The number of carbonyl (C=O) groups is 1. The van der Waals surface area contributed by atoms with Crippen LogP contribution >= 0.6 is 0 Å². The molecule has 3 aromatic rings. The van der Waals surface area contributed by atoms with Crippen molar-refractivity contribution in [3.05, 3.63) is 72.1 Å². The summed E-state index contributed by atoms with van der Waals surface area (Å²) >= 11 is 0. The fourth-order valence-electron chi connectivity index (χ4n) is 2.72. The Morgan fingerprint density at radius 1 is 1.04 bits per heavy atom. The fraction of sp³-hybridized carbons (Fsp3) is 0.100. The summed E-state index contributed by atoms with van der Waals surface area (Å²) in [6.45, 7) is 1.28. The van der Waals surface area contributed by atoms with E-state index in [1.807, 2.05) is 6.07 Å². The maximum atomic E-state index is 13.3. The quantitative estimate of drug-likeness (QED) is 0.484. The van der Waals surface area contributed by atoms with Crippen LogP contribution in [-0.4, -0.2) is 10.5 Å². The van der Waals surface area contributed by atoms with Crippen LogP contribution in [0.1, 0.15) is 18.1 Å². The van der Waals surface area contributed by atoms with Crippen LogP contribution in [-0.2, 0) is 11.0 Å². The number of rotatable bonds is 3. The molecular weight excluding hydrogens is 357 g/mol. The van der Waals surface area contributed by atoms with Crippen LogP contribution in [0.15, 0.2) is 60.9 Å². The van der Waals surface area contributed by atoms with Gasteiger partial charge in [0.05, 0.1) is 11.1 Å². The van der Waals surface area contributed by atoms with Crippen molar-refractivity contribution in [3.8, 4) is 28.6 Å². The highest BCUT2D eigenvalue weighted by Gasteiger charge is 2.34. The molecule has 0 radical (unpaired) electrons. The Morgan fingerprint density at radius 2 is 1.70 bits per heavy atom. The molecule has 0 fully saturated rings. The van der Waals surface area contributed by atoms with Crippen LogP contribution in [0, 0.1) is 11.3 Å². The molecular formula is C20H13F3N2O2. The molecule has 27 heavy (non-hydrogen) atoms. The SMILES string of the molecule is CC(=O)Oc1ccc(-n2cc(C#N)c(-c3ccccc3C(F)(F)F)c2)cc1.